The molecule has 2 aromatic rings. The van der Waals surface area contributed by atoms with Gasteiger partial charge in [-0.3, -0.25) is 4.79 Å². The summed E-state index contributed by atoms with van der Waals surface area (Å²) in [5.41, 5.74) is 9.73. The molecule has 0 saturated carbocycles. The summed E-state index contributed by atoms with van der Waals surface area (Å²) in [6.45, 7) is 8.52. The third-order valence-electron chi connectivity index (χ3n) is 3.13. The van der Waals surface area contributed by atoms with Crippen LogP contribution in [0.3, 0.4) is 0 Å². The maximum absolute atomic E-state index is 12.3. The normalized spacial score (nSPS) is 11.4. The van der Waals surface area contributed by atoms with Crippen molar-refractivity contribution in [3.05, 3.63) is 39.5 Å². The van der Waals surface area contributed by atoms with E-state index in [1.807, 2.05) is 27.7 Å². The van der Waals surface area contributed by atoms with Gasteiger partial charge in [0.1, 0.15) is 5.82 Å². The zero-order chi connectivity index (χ0) is 15.6. The van der Waals surface area contributed by atoms with Gasteiger partial charge in [-0.1, -0.05) is 20.8 Å². The zero-order valence-corrected chi connectivity index (χ0v) is 13.5. The summed E-state index contributed by atoms with van der Waals surface area (Å²) in [5, 5.41) is 2.90. The number of aryl methyl sites for hydroxylation is 1. The Bertz CT molecular complexity index is 658. The van der Waals surface area contributed by atoms with Crippen molar-refractivity contribution in [2.45, 2.75) is 39.7 Å². The van der Waals surface area contributed by atoms with Crippen molar-refractivity contribution in [1.29, 1.82) is 0 Å². The maximum Gasteiger partial charge on any atom is 0.251 e. The first-order valence-electron chi connectivity index (χ1n) is 6.72. The molecule has 0 spiro atoms. The quantitative estimate of drug-likeness (QED) is 0.913. The van der Waals surface area contributed by atoms with Crippen LogP contribution in [-0.2, 0) is 12.0 Å². The van der Waals surface area contributed by atoms with E-state index in [1.54, 1.807) is 17.6 Å². The van der Waals surface area contributed by atoms with E-state index < -0.39 is 0 Å². The molecule has 0 atom stereocenters. The molecular formula is C15H20N4OS. The van der Waals surface area contributed by atoms with E-state index in [0.717, 1.165) is 16.3 Å². The first-order valence-corrected chi connectivity index (χ1v) is 7.60. The van der Waals surface area contributed by atoms with Crippen LogP contribution in [0.4, 0.5) is 5.82 Å². The van der Waals surface area contributed by atoms with Crippen LogP contribution in [0.25, 0.3) is 0 Å². The molecule has 0 aliphatic heterocycles. The number of amides is 1. The van der Waals surface area contributed by atoms with Crippen LogP contribution in [-0.4, -0.2) is 15.9 Å². The van der Waals surface area contributed by atoms with Gasteiger partial charge in [0.05, 0.1) is 17.7 Å². The highest BCUT2D eigenvalue weighted by atomic mass is 32.1. The summed E-state index contributed by atoms with van der Waals surface area (Å²) in [4.78, 5) is 21.8. The maximum atomic E-state index is 12.3. The lowest BCUT2D eigenvalue weighted by Gasteiger charge is -2.19. The average molecular weight is 304 g/mol. The molecule has 6 heteroatoms. The monoisotopic (exact) mass is 304 g/mol. The first kappa shape index (κ1) is 15.4. The molecule has 2 heterocycles. The lowest BCUT2D eigenvalue weighted by Crippen LogP contribution is -2.24. The Kier molecular flexibility index (Phi) is 4.27. The van der Waals surface area contributed by atoms with Gasteiger partial charge in [-0.05, 0) is 19.1 Å². The van der Waals surface area contributed by atoms with E-state index >= 15 is 0 Å². The van der Waals surface area contributed by atoms with E-state index in [9.17, 15) is 4.79 Å². The van der Waals surface area contributed by atoms with Crippen molar-refractivity contribution in [2.75, 3.05) is 5.73 Å². The second-order valence-corrected chi connectivity index (χ2v) is 6.90. The van der Waals surface area contributed by atoms with Gasteiger partial charge in [0.25, 0.3) is 5.91 Å². The van der Waals surface area contributed by atoms with E-state index in [1.165, 1.54) is 11.3 Å². The number of hydrogen-bond donors (Lipinski definition) is 2. The SMILES string of the molecule is Cc1ncsc1CNC(=O)c1cc(N)nc(C(C)(C)C)c1. The van der Waals surface area contributed by atoms with E-state index in [2.05, 4.69) is 15.3 Å². The summed E-state index contributed by atoms with van der Waals surface area (Å²) < 4.78 is 0. The highest BCUT2D eigenvalue weighted by molar-refractivity contribution is 7.09. The van der Waals surface area contributed by atoms with Crippen LogP contribution in [0.1, 0.15) is 47.4 Å². The van der Waals surface area contributed by atoms with E-state index in [0.29, 0.717) is 17.9 Å². The Labute approximate surface area is 128 Å². The molecule has 5 nitrogen and oxygen atoms in total. The lowest BCUT2D eigenvalue weighted by atomic mass is 9.90. The van der Waals surface area contributed by atoms with Crippen LogP contribution < -0.4 is 11.1 Å². The first-order chi connectivity index (χ1) is 9.77. The van der Waals surface area contributed by atoms with Crippen molar-refractivity contribution in [3.8, 4) is 0 Å². The zero-order valence-electron chi connectivity index (χ0n) is 12.7. The Morgan fingerprint density at radius 2 is 2.10 bits per heavy atom. The lowest BCUT2D eigenvalue weighted by molar-refractivity contribution is 0.0951. The van der Waals surface area contributed by atoms with Gasteiger partial charge in [-0.15, -0.1) is 11.3 Å². The van der Waals surface area contributed by atoms with Gasteiger partial charge in [0.2, 0.25) is 0 Å². The molecule has 0 fully saturated rings. The van der Waals surface area contributed by atoms with Gasteiger partial charge >= 0.3 is 0 Å². The number of carbonyl (C=O) groups excluding carboxylic acids is 1. The minimum atomic E-state index is -0.154. The Balaban J connectivity index is 2.16. The van der Waals surface area contributed by atoms with Crippen LogP contribution in [0.5, 0.6) is 0 Å². The molecule has 3 N–H and O–H groups in total. The van der Waals surface area contributed by atoms with Crippen molar-refractivity contribution in [3.63, 3.8) is 0 Å². The summed E-state index contributed by atoms with van der Waals surface area (Å²) in [7, 11) is 0. The number of thiazole rings is 1. The minimum Gasteiger partial charge on any atom is -0.384 e. The third kappa shape index (κ3) is 3.78. The second-order valence-electron chi connectivity index (χ2n) is 5.96. The van der Waals surface area contributed by atoms with Gasteiger partial charge in [0, 0.05) is 21.5 Å². The summed E-state index contributed by atoms with van der Waals surface area (Å²) in [6, 6.07) is 3.40. The number of carbonyl (C=O) groups is 1. The molecule has 2 aromatic heterocycles. The predicted octanol–water partition coefficient (Wildman–Crippen LogP) is 2.66. The van der Waals surface area contributed by atoms with Crippen LogP contribution >= 0.6 is 11.3 Å². The number of hydrogen-bond acceptors (Lipinski definition) is 5. The fourth-order valence-electron chi connectivity index (χ4n) is 1.83. The fourth-order valence-corrected chi connectivity index (χ4v) is 2.54. The largest absolute Gasteiger partial charge is 0.384 e. The van der Waals surface area contributed by atoms with Gasteiger partial charge < -0.3 is 11.1 Å². The van der Waals surface area contributed by atoms with Gasteiger partial charge in [-0.25, -0.2) is 9.97 Å². The van der Waals surface area contributed by atoms with Crippen molar-refractivity contribution in [1.82, 2.24) is 15.3 Å². The average Bonchev–Trinajstić information content (AvgIpc) is 2.79. The molecule has 0 unspecified atom stereocenters. The number of nitrogen functional groups attached to an aromatic ring is 1. The summed E-state index contributed by atoms with van der Waals surface area (Å²) in [6.07, 6.45) is 0. The topological polar surface area (TPSA) is 80.9 Å². The van der Waals surface area contributed by atoms with Crippen molar-refractivity contribution in [2.24, 2.45) is 0 Å². The van der Waals surface area contributed by atoms with Gasteiger partial charge in [0.15, 0.2) is 0 Å². The number of nitrogens with two attached hydrogens (primary N) is 1. The number of nitrogens with zero attached hydrogens (tertiary/aromatic N) is 2. The molecule has 0 aliphatic rings. The second kappa shape index (κ2) is 5.81. The summed E-state index contributed by atoms with van der Waals surface area (Å²) >= 11 is 1.53. The van der Waals surface area contributed by atoms with E-state index in [4.69, 9.17) is 5.73 Å². The summed E-state index contributed by atoms with van der Waals surface area (Å²) in [5.74, 6) is 0.212. The Hall–Kier alpha value is -1.95. The Morgan fingerprint density at radius 1 is 1.38 bits per heavy atom. The number of nitrogens with one attached hydrogen (secondary N) is 1. The molecular weight excluding hydrogens is 284 g/mol. The predicted molar refractivity (Wildman–Crippen MR) is 85.4 cm³/mol. The van der Waals surface area contributed by atoms with E-state index in [-0.39, 0.29) is 11.3 Å². The molecule has 1 amide bonds. The van der Waals surface area contributed by atoms with Crippen molar-refractivity contribution < 1.29 is 4.79 Å². The third-order valence-corrected chi connectivity index (χ3v) is 4.07. The molecule has 0 saturated heterocycles. The fraction of sp³-hybridized carbons (Fsp3) is 0.400. The smallest absolute Gasteiger partial charge is 0.251 e. The highest BCUT2D eigenvalue weighted by Crippen LogP contribution is 2.22. The van der Waals surface area contributed by atoms with Crippen LogP contribution in [0.15, 0.2) is 17.6 Å². The molecule has 112 valence electrons. The number of anilines is 1. The molecule has 0 aromatic carbocycles. The van der Waals surface area contributed by atoms with Crippen LogP contribution in [0, 0.1) is 6.92 Å². The molecule has 0 bridgehead atoms. The number of pyridine rings is 1. The molecule has 0 radical (unpaired) electrons. The Morgan fingerprint density at radius 3 is 2.67 bits per heavy atom. The number of rotatable bonds is 3. The molecule has 0 aliphatic carbocycles. The molecule has 21 heavy (non-hydrogen) atoms. The highest BCUT2D eigenvalue weighted by Gasteiger charge is 2.18. The molecule has 2 rings (SSSR count). The van der Waals surface area contributed by atoms with Crippen LogP contribution in [0.2, 0.25) is 0 Å². The van der Waals surface area contributed by atoms with Gasteiger partial charge in [-0.2, -0.15) is 0 Å². The number of aromatic nitrogens is 2. The minimum absolute atomic E-state index is 0.151. The standard InChI is InChI=1S/C15H20N4OS/c1-9-11(21-8-18-9)7-17-14(20)10-5-12(15(2,3)4)19-13(16)6-10/h5-6,8H,7H2,1-4H3,(H2,16,19)(H,17,20). The van der Waals surface area contributed by atoms with Crippen molar-refractivity contribution >= 4 is 23.1 Å².